The summed E-state index contributed by atoms with van der Waals surface area (Å²) in [5, 5.41) is 7.44. The molecule has 1 amide bonds. The molecule has 4 nitrogen and oxygen atoms in total. The summed E-state index contributed by atoms with van der Waals surface area (Å²) in [6.45, 7) is 0.485. The lowest BCUT2D eigenvalue weighted by atomic mass is 10.2. The third-order valence-electron chi connectivity index (χ3n) is 3.56. The third-order valence-corrected chi connectivity index (χ3v) is 4.61. The first-order valence-corrected chi connectivity index (χ1v) is 9.08. The minimum absolute atomic E-state index is 0.276. The molecule has 3 aromatic rings. The molecule has 1 N–H and O–H groups in total. The molecule has 0 aliphatic rings. The predicted molar refractivity (Wildman–Crippen MR) is 98.9 cm³/mol. The number of benzene rings is 2. The molecule has 0 radical (unpaired) electrons. The van der Waals surface area contributed by atoms with E-state index < -0.39 is 0 Å². The smallest absolute Gasteiger partial charge is 0.258 e. The molecule has 0 saturated heterocycles. The van der Waals surface area contributed by atoms with E-state index in [0.717, 1.165) is 10.5 Å². The van der Waals surface area contributed by atoms with Crippen molar-refractivity contribution in [3.63, 3.8) is 0 Å². The molecule has 2 aromatic carbocycles. The number of hydrogen-bond acceptors (Lipinski definition) is 3. The van der Waals surface area contributed by atoms with Crippen LogP contribution in [-0.2, 0) is 6.54 Å². The van der Waals surface area contributed by atoms with Crippen LogP contribution in [0.1, 0.15) is 15.9 Å². The predicted octanol–water partition coefficient (Wildman–Crippen LogP) is 4.70. The van der Waals surface area contributed by atoms with Gasteiger partial charge in [-0.1, -0.05) is 23.7 Å². The fraction of sp³-hybridized carbons (Fsp3) is 0.111. The second kappa shape index (κ2) is 7.72. The SMILES string of the molecule is CSc1ccc(Cl)c(C(=O)Nc2ccn(Cc3ccc(F)cc3)n2)c1. The Morgan fingerprint density at radius 1 is 1.24 bits per heavy atom. The number of rotatable bonds is 5. The van der Waals surface area contributed by atoms with Crippen molar-refractivity contribution in [3.05, 3.63) is 76.7 Å². The van der Waals surface area contributed by atoms with Crippen LogP contribution >= 0.6 is 23.4 Å². The van der Waals surface area contributed by atoms with Gasteiger partial charge in [0.15, 0.2) is 5.82 Å². The molecule has 0 fully saturated rings. The van der Waals surface area contributed by atoms with Crippen LogP contribution in [0.5, 0.6) is 0 Å². The monoisotopic (exact) mass is 375 g/mol. The molecule has 25 heavy (non-hydrogen) atoms. The summed E-state index contributed by atoms with van der Waals surface area (Å²) in [6, 6.07) is 13.2. The van der Waals surface area contributed by atoms with Gasteiger partial charge in [-0.3, -0.25) is 9.48 Å². The number of halogens is 2. The van der Waals surface area contributed by atoms with Crippen molar-refractivity contribution < 1.29 is 9.18 Å². The molecular weight excluding hydrogens is 361 g/mol. The lowest BCUT2D eigenvalue weighted by Gasteiger charge is -2.06. The molecule has 0 aliphatic heterocycles. The highest BCUT2D eigenvalue weighted by Gasteiger charge is 2.13. The lowest BCUT2D eigenvalue weighted by Crippen LogP contribution is -2.13. The van der Waals surface area contributed by atoms with Gasteiger partial charge in [0, 0.05) is 17.2 Å². The molecule has 7 heteroatoms. The number of amides is 1. The van der Waals surface area contributed by atoms with Crippen LogP contribution in [0, 0.1) is 5.82 Å². The van der Waals surface area contributed by atoms with Crippen molar-refractivity contribution in [2.45, 2.75) is 11.4 Å². The van der Waals surface area contributed by atoms with E-state index in [1.807, 2.05) is 12.3 Å². The fourth-order valence-electron chi connectivity index (χ4n) is 2.28. The van der Waals surface area contributed by atoms with Crippen LogP contribution in [0.2, 0.25) is 5.02 Å². The lowest BCUT2D eigenvalue weighted by molar-refractivity contribution is 0.102. The molecule has 1 heterocycles. The zero-order chi connectivity index (χ0) is 17.8. The zero-order valence-corrected chi connectivity index (χ0v) is 14.9. The average Bonchev–Trinajstić information content (AvgIpc) is 3.04. The summed E-state index contributed by atoms with van der Waals surface area (Å²) in [7, 11) is 0. The first-order valence-electron chi connectivity index (χ1n) is 7.48. The summed E-state index contributed by atoms with van der Waals surface area (Å²) in [6.07, 6.45) is 3.68. The normalized spacial score (nSPS) is 10.7. The van der Waals surface area contributed by atoms with Crippen LogP contribution in [0.3, 0.4) is 0 Å². The van der Waals surface area contributed by atoms with E-state index in [4.69, 9.17) is 11.6 Å². The van der Waals surface area contributed by atoms with E-state index in [-0.39, 0.29) is 11.7 Å². The summed E-state index contributed by atoms with van der Waals surface area (Å²) in [4.78, 5) is 13.4. The van der Waals surface area contributed by atoms with Gasteiger partial charge in [0.2, 0.25) is 0 Å². The molecule has 0 atom stereocenters. The molecule has 1 aromatic heterocycles. The highest BCUT2D eigenvalue weighted by molar-refractivity contribution is 7.98. The topological polar surface area (TPSA) is 46.9 Å². The summed E-state index contributed by atoms with van der Waals surface area (Å²) in [5.41, 5.74) is 1.32. The quantitative estimate of drug-likeness (QED) is 0.657. The Balaban J connectivity index is 1.70. The Kier molecular flexibility index (Phi) is 5.40. The molecule has 3 rings (SSSR count). The van der Waals surface area contributed by atoms with E-state index in [1.165, 1.54) is 23.9 Å². The largest absolute Gasteiger partial charge is 0.305 e. The van der Waals surface area contributed by atoms with Gasteiger partial charge in [0.05, 0.1) is 17.1 Å². The fourth-order valence-corrected chi connectivity index (χ4v) is 2.93. The van der Waals surface area contributed by atoms with E-state index in [1.54, 1.807) is 41.2 Å². The van der Waals surface area contributed by atoms with E-state index in [0.29, 0.717) is 22.9 Å². The Hall–Kier alpha value is -2.31. The standard InChI is InChI=1S/C18H15ClFN3OS/c1-25-14-6-7-16(19)15(10-14)18(24)21-17-8-9-23(22-17)11-12-2-4-13(20)5-3-12/h2-10H,11H2,1H3,(H,21,22,24). The Bertz CT molecular complexity index is 896. The molecule has 128 valence electrons. The molecule has 0 saturated carbocycles. The van der Waals surface area contributed by atoms with Gasteiger partial charge in [0.25, 0.3) is 5.91 Å². The number of carbonyl (C=O) groups is 1. The van der Waals surface area contributed by atoms with Crippen LogP contribution < -0.4 is 5.32 Å². The van der Waals surface area contributed by atoms with Crippen molar-refractivity contribution >= 4 is 35.1 Å². The van der Waals surface area contributed by atoms with Crippen molar-refractivity contribution in [1.82, 2.24) is 9.78 Å². The third kappa shape index (κ3) is 4.41. The van der Waals surface area contributed by atoms with Gasteiger partial charge in [-0.05, 0) is 42.2 Å². The molecule has 0 aliphatic carbocycles. The molecule has 0 spiro atoms. The van der Waals surface area contributed by atoms with Crippen LogP contribution in [0.15, 0.2) is 59.6 Å². The van der Waals surface area contributed by atoms with Crippen molar-refractivity contribution in [1.29, 1.82) is 0 Å². The van der Waals surface area contributed by atoms with Crippen LogP contribution in [-0.4, -0.2) is 21.9 Å². The van der Waals surface area contributed by atoms with Gasteiger partial charge in [-0.2, -0.15) is 5.10 Å². The zero-order valence-electron chi connectivity index (χ0n) is 13.4. The second-order valence-electron chi connectivity index (χ2n) is 5.32. The van der Waals surface area contributed by atoms with E-state index in [9.17, 15) is 9.18 Å². The Labute approximate surface area is 154 Å². The van der Waals surface area contributed by atoms with Crippen molar-refractivity contribution in [2.75, 3.05) is 11.6 Å². The average molecular weight is 376 g/mol. The minimum Gasteiger partial charge on any atom is -0.305 e. The summed E-state index contributed by atoms with van der Waals surface area (Å²) < 4.78 is 14.6. The van der Waals surface area contributed by atoms with E-state index in [2.05, 4.69) is 10.4 Å². The number of aromatic nitrogens is 2. The minimum atomic E-state index is -0.312. The van der Waals surface area contributed by atoms with Gasteiger partial charge in [0.1, 0.15) is 5.82 Å². The maximum Gasteiger partial charge on any atom is 0.258 e. The summed E-state index contributed by atoms with van der Waals surface area (Å²) in [5.74, 6) is -0.160. The molecular formula is C18H15ClFN3OS. The Morgan fingerprint density at radius 2 is 2.00 bits per heavy atom. The maximum absolute atomic E-state index is 12.9. The summed E-state index contributed by atoms with van der Waals surface area (Å²) >= 11 is 7.65. The van der Waals surface area contributed by atoms with Gasteiger partial charge >= 0.3 is 0 Å². The van der Waals surface area contributed by atoms with Gasteiger partial charge < -0.3 is 5.32 Å². The Morgan fingerprint density at radius 3 is 2.72 bits per heavy atom. The number of hydrogen-bond donors (Lipinski definition) is 1. The number of carbonyl (C=O) groups excluding carboxylic acids is 1. The first kappa shape index (κ1) is 17.5. The van der Waals surface area contributed by atoms with Crippen molar-refractivity contribution in [2.24, 2.45) is 0 Å². The van der Waals surface area contributed by atoms with Crippen LogP contribution in [0.4, 0.5) is 10.2 Å². The van der Waals surface area contributed by atoms with Gasteiger partial charge in [-0.15, -0.1) is 11.8 Å². The second-order valence-corrected chi connectivity index (χ2v) is 6.61. The van der Waals surface area contributed by atoms with Gasteiger partial charge in [-0.25, -0.2) is 4.39 Å². The highest BCUT2D eigenvalue weighted by atomic mass is 35.5. The van der Waals surface area contributed by atoms with E-state index >= 15 is 0 Å². The number of thioether (sulfide) groups is 1. The number of nitrogens with zero attached hydrogens (tertiary/aromatic N) is 2. The van der Waals surface area contributed by atoms with Crippen molar-refractivity contribution in [3.8, 4) is 0 Å². The van der Waals surface area contributed by atoms with Crippen LogP contribution in [0.25, 0.3) is 0 Å². The highest BCUT2D eigenvalue weighted by Crippen LogP contribution is 2.23. The number of nitrogens with one attached hydrogen (secondary N) is 1. The molecule has 0 bridgehead atoms. The first-order chi connectivity index (χ1) is 12.0. The number of anilines is 1. The maximum atomic E-state index is 12.9. The molecule has 0 unspecified atom stereocenters.